The number of aliphatic hydroxyl groups excluding tert-OH is 1. The van der Waals surface area contributed by atoms with Crippen molar-refractivity contribution in [2.45, 2.75) is 44.6 Å². The Morgan fingerprint density at radius 2 is 2.20 bits per heavy atom. The van der Waals surface area contributed by atoms with Gasteiger partial charge in [-0.25, -0.2) is 0 Å². The van der Waals surface area contributed by atoms with Crippen LogP contribution in [-0.4, -0.2) is 16.2 Å². The van der Waals surface area contributed by atoms with Gasteiger partial charge in [-0.1, -0.05) is 18.9 Å². The summed E-state index contributed by atoms with van der Waals surface area (Å²) in [4.78, 5) is 4.10. The molecule has 0 radical (unpaired) electrons. The Hall–Kier alpha value is -0.890. The van der Waals surface area contributed by atoms with Crippen molar-refractivity contribution in [1.29, 1.82) is 0 Å². The van der Waals surface area contributed by atoms with Crippen molar-refractivity contribution in [1.82, 2.24) is 4.98 Å². The van der Waals surface area contributed by atoms with Crippen molar-refractivity contribution in [3.63, 3.8) is 0 Å². The number of nitrogens with zero attached hydrogens (tertiary/aromatic N) is 1. The maximum atomic E-state index is 9.83. The first kappa shape index (κ1) is 10.6. The normalized spacial score (nSPS) is 26.5. The SMILES string of the molecule is OC1CCCCC1CCc1cccnc1. The molecule has 1 fully saturated rings. The number of aryl methyl sites for hydroxylation is 1. The quantitative estimate of drug-likeness (QED) is 0.822. The summed E-state index contributed by atoms with van der Waals surface area (Å²) >= 11 is 0. The average Bonchev–Trinajstić information content (AvgIpc) is 2.29. The average molecular weight is 205 g/mol. The van der Waals surface area contributed by atoms with E-state index in [0.29, 0.717) is 5.92 Å². The van der Waals surface area contributed by atoms with Crippen molar-refractivity contribution in [3.8, 4) is 0 Å². The van der Waals surface area contributed by atoms with E-state index in [2.05, 4.69) is 11.1 Å². The standard InChI is InChI=1S/C13H19NO/c15-13-6-2-1-5-12(13)8-7-11-4-3-9-14-10-11/h3-4,9-10,12-13,15H,1-2,5-8H2. The minimum absolute atomic E-state index is 0.0598. The van der Waals surface area contributed by atoms with E-state index in [-0.39, 0.29) is 6.10 Å². The summed E-state index contributed by atoms with van der Waals surface area (Å²) in [5.74, 6) is 0.513. The number of hydrogen-bond acceptors (Lipinski definition) is 2. The van der Waals surface area contributed by atoms with E-state index in [9.17, 15) is 5.11 Å². The van der Waals surface area contributed by atoms with Crippen LogP contribution in [0.5, 0.6) is 0 Å². The van der Waals surface area contributed by atoms with E-state index < -0.39 is 0 Å². The van der Waals surface area contributed by atoms with Crippen molar-refractivity contribution in [3.05, 3.63) is 30.1 Å². The van der Waals surface area contributed by atoms with Gasteiger partial charge in [-0.2, -0.15) is 0 Å². The van der Waals surface area contributed by atoms with E-state index in [1.54, 1.807) is 6.20 Å². The fraction of sp³-hybridized carbons (Fsp3) is 0.615. The van der Waals surface area contributed by atoms with Crippen molar-refractivity contribution in [2.24, 2.45) is 5.92 Å². The second-order valence-corrected chi connectivity index (χ2v) is 4.51. The number of hydrogen-bond donors (Lipinski definition) is 1. The van der Waals surface area contributed by atoms with Gasteiger partial charge in [0.05, 0.1) is 6.10 Å². The minimum atomic E-state index is -0.0598. The van der Waals surface area contributed by atoms with Gasteiger partial charge >= 0.3 is 0 Å². The van der Waals surface area contributed by atoms with Gasteiger partial charge in [-0.3, -0.25) is 4.98 Å². The fourth-order valence-electron chi connectivity index (χ4n) is 2.42. The third-order valence-electron chi connectivity index (χ3n) is 3.40. The summed E-state index contributed by atoms with van der Waals surface area (Å²) in [7, 11) is 0. The van der Waals surface area contributed by atoms with Gasteiger partial charge < -0.3 is 5.11 Å². The van der Waals surface area contributed by atoms with E-state index in [1.165, 1.54) is 24.8 Å². The number of aromatic nitrogens is 1. The summed E-state index contributed by atoms with van der Waals surface area (Å²) in [6, 6.07) is 4.09. The number of aliphatic hydroxyl groups is 1. The predicted molar refractivity (Wildman–Crippen MR) is 60.5 cm³/mol. The van der Waals surface area contributed by atoms with Crippen molar-refractivity contribution < 1.29 is 5.11 Å². The largest absolute Gasteiger partial charge is 0.393 e. The lowest BCUT2D eigenvalue weighted by Crippen LogP contribution is -2.24. The van der Waals surface area contributed by atoms with Crippen LogP contribution in [0.25, 0.3) is 0 Å². The molecule has 0 saturated heterocycles. The molecular formula is C13H19NO. The van der Waals surface area contributed by atoms with Crippen LogP contribution in [0.2, 0.25) is 0 Å². The summed E-state index contributed by atoms with van der Waals surface area (Å²) in [5.41, 5.74) is 1.29. The Balaban J connectivity index is 1.82. The van der Waals surface area contributed by atoms with Crippen LogP contribution in [0.1, 0.15) is 37.7 Å². The Morgan fingerprint density at radius 1 is 1.33 bits per heavy atom. The summed E-state index contributed by atoms with van der Waals surface area (Å²) in [5, 5.41) is 9.83. The van der Waals surface area contributed by atoms with Gasteiger partial charge in [-0.05, 0) is 43.2 Å². The Morgan fingerprint density at radius 3 is 2.93 bits per heavy atom. The van der Waals surface area contributed by atoms with Crippen LogP contribution in [0.15, 0.2) is 24.5 Å². The molecule has 2 atom stereocenters. The molecule has 0 bridgehead atoms. The van der Waals surface area contributed by atoms with E-state index in [1.807, 2.05) is 12.3 Å². The van der Waals surface area contributed by atoms with Crippen LogP contribution in [-0.2, 0) is 6.42 Å². The Bertz CT molecular complexity index is 286. The molecular weight excluding hydrogens is 186 g/mol. The predicted octanol–water partition coefficient (Wildman–Crippen LogP) is 2.57. The zero-order valence-electron chi connectivity index (χ0n) is 9.10. The second-order valence-electron chi connectivity index (χ2n) is 4.51. The molecule has 1 aliphatic rings. The van der Waals surface area contributed by atoms with Crippen LogP contribution < -0.4 is 0 Å². The van der Waals surface area contributed by atoms with Gasteiger partial charge in [0.2, 0.25) is 0 Å². The molecule has 15 heavy (non-hydrogen) atoms. The Labute approximate surface area is 91.4 Å². The number of rotatable bonds is 3. The lowest BCUT2D eigenvalue weighted by Gasteiger charge is -2.27. The first-order chi connectivity index (χ1) is 7.36. The molecule has 2 unspecified atom stereocenters. The van der Waals surface area contributed by atoms with Gasteiger partial charge in [0.15, 0.2) is 0 Å². The highest BCUT2D eigenvalue weighted by atomic mass is 16.3. The number of pyridine rings is 1. The zero-order valence-corrected chi connectivity index (χ0v) is 9.10. The van der Waals surface area contributed by atoms with Crippen LogP contribution >= 0.6 is 0 Å². The highest BCUT2D eigenvalue weighted by Crippen LogP contribution is 2.27. The molecule has 0 amide bonds. The minimum Gasteiger partial charge on any atom is -0.393 e. The monoisotopic (exact) mass is 205 g/mol. The molecule has 1 aromatic heterocycles. The topological polar surface area (TPSA) is 33.1 Å². The van der Waals surface area contributed by atoms with Crippen molar-refractivity contribution >= 4 is 0 Å². The van der Waals surface area contributed by atoms with E-state index in [0.717, 1.165) is 19.3 Å². The second kappa shape index (κ2) is 5.26. The van der Waals surface area contributed by atoms with Gasteiger partial charge in [-0.15, -0.1) is 0 Å². The smallest absolute Gasteiger partial charge is 0.0568 e. The third kappa shape index (κ3) is 3.03. The van der Waals surface area contributed by atoms with Gasteiger partial charge in [0.1, 0.15) is 0 Å². The molecule has 1 aliphatic carbocycles. The maximum Gasteiger partial charge on any atom is 0.0568 e. The van der Waals surface area contributed by atoms with Crippen LogP contribution in [0.3, 0.4) is 0 Å². The molecule has 1 saturated carbocycles. The lowest BCUT2D eigenvalue weighted by atomic mass is 9.83. The molecule has 1 N–H and O–H groups in total. The molecule has 1 heterocycles. The maximum absolute atomic E-state index is 9.83. The van der Waals surface area contributed by atoms with Crippen LogP contribution in [0.4, 0.5) is 0 Å². The molecule has 82 valence electrons. The molecule has 2 nitrogen and oxygen atoms in total. The summed E-state index contributed by atoms with van der Waals surface area (Å²) in [6.45, 7) is 0. The molecule has 0 aromatic carbocycles. The molecule has 2 heteroatoms. The molecule has 0 spiro atoms. The molecule has 1 aromatic rings. The zero-order chi connectivity index (χ0) is 10.5. The van der Waals surface area contributed by atoms with Crippen molar-refractivity contribution in [2.75, 3.05) is 0 Å². The first-order valence-electron chi connectivity index (χ1n) is 5.93. The fourth-order valence-corrected chi connectivity index (χ4v) is 2.42. The highest BCUT2D eigenvalue weighted by Gasteiger charge is 2.22. The Kier molecular flexibility index (Phi) is 3.73. The summed E-state index contributed by atoms with van der Waals surface area (Å²) < 4.78 is 0. The van der Waals surface area contributed by atoms with Gasteiger partial charge in [0.25, 0.3) is 0 Å². The first-order valence-corrected chi connectivity index (χ1v) is 5.93. The molecule has 0 aliphatic heterocycles. The van der Waals surface area contributed by atoms with Gasteiger partial charge in [0, 0.05) is 12.4 Å². The summed E-state index contributed by atoms with van der Waals surface area (Å²) in [6.07, 6.45) is 10.5. The van der Waals surface area contributed by atoms with E-state index in [4.69, 9.17) is 0 Å². The molecule has 2 rings (SSSR count). The third-order valence-corrected chi connectivity index (χ3v) is 3.40. The van der Waals surface area contributed by atoms with E-state index >= 15 is 0 Å². The van der Waals surface area contributed by atoms with Crippen LogP contribution in [0, 0.1) is 5.92 Å². The lowest BCUT2D eigenvalue weighted by molar-refractivity contribution is 0.0655. The highest BCUT2D eigenvalue weighted by molar-refractivity contribution is 5.08.